The summed E-state index contributed by atoms with van der Waals surface area (Å²) < 4.78 is 5.61. The predicted octanol–water partition coefficient (Wildman–Crippen LogP) is 4.95. The Morgan fingerprint density at radius 1 is 1.27 bits per heavy atom. The number of hydrogen-bond acceptors (Lipinski definition) is 7. The number of nitrogens with zero attached hydrogens (tertiary/aromatic N) is 4. The number of non-ortho nitro benzene ring substituents is 1. The van der Waals surface area contributed by atoms with E-state index in [1.54, 1.807) is 36.4 Å². The molecule has 0 bridgehead atoms. The number of benzene rings is 2. The smallest absolute Gasteiger partial charge is 0.281 e. The summed E-state index contributed by atoms with van der Waals surface area (Å²) in [6.45, 7) is 0. The Hall–Kier alpha value is -3.15. The fourth-order valence-corrected chi connectivity index (χ4v) is 3.01. The average Bonchev–Trinajstić information content (AvgIpc) is 3.10. The molecule has 128 valence electrons. The summed E-state index contributed by atoms with van der Waals surface area (Å²) in [4.78, 5) is 10.8. The van der Waals surface area contributed by atoms with Crippen LogP contribution in [0.1, 0.15) is 5.56 Å². The minimum Gasteiger partial charge on any atom is -0.411 e. The summed E-state index contributed by atoms with van der Waals surface area (Å²) in [5, 5.41) is 28.5. The molecule has 1 aromatic heterocycles. The van der Waals surface area contributed by atoms with Gasteiger partial charge in [-0.3, -0.25) is 10.1 Å². The van der Waals surface area contributed by atoms with Crippen molar-refractivity contribution in [3.8, 4) is 17.5 Å². The first-order valence-electron chi connectivity index (χ1n) is 7.19. The highest BCUT2D eigenvalue weighted by molar-refractivity contribution is 8.08. The SMILES string of the molecule is N#C/C=C(/Sc1nnc(-c2cccc(Cl)c2)o1)c1ccc([N+](=O)[O-])cc1. The van der Waals surface area contributed by atoms with Crippen LogP contribution in [0.25, 0.3) is 16.4 Å². The molecule has 0 spiro atoms. The van der Waals surface area contributed by atoms with E-state index in [4.69, 9.17) is 21.3 Å². The van der Waals surface area contributed by atoms with Gasteiger partial charge in [-0.2, -0.15) is 5.26 Å². The zero-order valence-corrected chi connectivity index (χ0v) is 14.6. The maximum Gasteiger partial charge on any atom is 0.281 e. The first-order chi connectivity index (χ1) is 12.6. The van der Waals surface area contributed by atoms with Gasteiger partial charge < -0.3 is 4.42 Å². The first kappa shape index (κ1) is 17.7. The quantitative estimate of drug-likeness (QED) is 0.265. The van der Waals surface area contributed by atoms with Gasteiger partial charge in [0.25, 0.3) is 10.9 Å². The van der Waals surface area contributed by atoms with Crippen molar-refractivity contribution < 1.29 is 9.34 Å². The third-order valence-electron chi connectivity index (χ3n) is 3.23. The lowest BCUT2D eigenvalue weighted by molar-refractivity contribution is -0.384. The van der Waals surface area contributed by atoms with Crippen LogP contribution in [-0.4, -0.2) is 15.1 Å². The maximum atomic E-state index is 10.8. The van der Waals surface area contributed by atoms with Gasteiger partial charge in [-0.15, -0.1) is 10.2 Å². The van der Waals surface area contributed by atoms with Gasteiger partial charge in [-0.1, -0.05) is 17.7 Å². The second-order valence-electron chi connectivity index (χ2n) is 4.93. The predicted molar refractivity (Wildman–Crippen MR) is 97.3 cm³/mol. The van der Waals surface area contributed by atoms with Gasteiger partial charge in [0, 0.05) is 33.7 Å². The molecular formula is C17H9ClN4O3S. The van der Waals surface area contributed by atoms with E-state index in [1.165, 1.54) is 18.2 Å². The Balaban J connectivity index is 1.84. The van der Waals surface area contributed by atoms with Gasteiger partial charge in [0.15, 0.2) is 0 Å². The van der Waals surface area contributed by atoms with Crippen LogP contribution in [0.2, 0.25) is 5.02 Å². The van der Waals surface area contributed by atoms with E-state index in [9.17, 15) is 10.1 Å². The highest BCUT2D eigenvalue weighted by atomic mass is 35.5. The van der Waals surface area contributed by atoms with Crippen molar-refractivity contribution in [3.63, 3.8) is 0 Å². The molecule has 0 aliphatic carbocycles. The summed E-state index contributed by atoms with van der Waals surface area (Å²) in [6.07, 6.45) is 1.31. The molecule has 26 heavy (non-hydrogen) atoms. The summed E-state index contributed by atoms with van der Waals surface area (Å²) in [5.74, 6) is 0.301. The lowest BCUT2D eigenvalue weighted by Crippen LogP contribution is -1.88. The number of hydrogen-bond donors (Lipinski definition) is 0. The Kier molecular flexibility index (Phi) is 5.31. The number of thioether (sulfide) groups is 1. The van der Waals surface area contributed by atoms with Crippen LogP contribution in [0.5, 0.6) is 0 Å². The zero-order chi connectivity index (χ0) is 18.5. The molecule has 2 aromatic carbocycles. The molecule has 9 heteroatoms. The number of allylic oxidation sites excluding steroid dienone is 1. The molecule has 3 aromatic rings. The highest BCUT2D eigenvalue weighted by Gasteiger charge is 2.14. The van der Waals surface area contributed by atoms with Crippen LogP contribution in [0, 0.1) is 21.4 Å². The molecule has 1 heterocycles. The van der Waals surface area contributed by atoms with Gasteiger partial charge >= 0.3 is 0 Å². The lowest BCUT2D eigenvalue weighted by atomic mass is 10.2. The van der Waals surface area contributed by atoms with Crippen LogP contribution in [0.3, 0.4) is 0 Å². The number of nitro groups is 1. The monoisotopic (exact) mass is 384 g/mol. The van der Waals surface area contributed by atoms with Crippen LogP contribution < -0.4 is 0 Å². The van der Waals surface area contributed by atoms with Crippen LogP contribution in [-0.2, 0) is 0 Å². The molecule has 0 saturated carbocycles. The summed E-state index contributed by atoms with van der Waals surface area (Å²) in [5.41, 5.74) is 1.28. The fourth-order valence-electron chi connectivity index (χ4n) is 2.06. The average molecular weight is 385 g/mol. The second kappa shape index (κ2) is 7.82. The number of nitro benzene ring substituents is 1. The van der Waals surface area contributed by atoms with E-state index >= 15 is 0 Å². The molecule has 0 amide bonds. The van der Waals surface area contributed by atoms with Gasteiger partial charge in [0.2, 0.25) is 5.89 Å². The van der Waals surface area contributed by atoms with Gasteiger partial charge in [0.05, 0.1) is 11.0 Å². The van der Waals surface area contributed by atoms with E-state index in [-0.39, 0.29) is 10.9 Å². The van der Waals surface area contributed by atoms with Crippen molar-refractivity contribution in [2.45, 2.75) is 5.22 Å². The summed E-state index contributed by atoms with van der Waals surface area (Å²) >= 11 is 7.05. The molecule has 0 N–H and O–H groups in total. The normalized spacial score (nSPS) is 11.2. The summed E-state index contributed by atoms with van der Waals surface area (Å²) in [7, 11) is 0. The standard InChI is InChI=1S/C17H9ClN4O3S/c18-13-3-1-2-12(10-13)16-20-21-17(25-16)26-15(8-9-19)11-4-6-14(7-5-11)22(23)24/h1-8,10H/b15-8+. The van der Waals surface area contributed by atoms with Crippen LogP contribution in [0.4, 0.5) is 5.69 Å². The summed E-state index contributed by atoms with van der Waals surface area (Å²) in [6, 6.07) is 14.8. The minimum absolute atomic E-state index is 0.0314. The largest absolute Gasteiger partial charge is 0.411 e. The van der Waals surface area contributed by atoms with Crippen molar-refractivity contribution in [1.29, 1.82) is 5.26 Å². The van der Waals surface area contributed by atoms with Crippen molar-refractivity contribution >= 4 is 34.0 Å². The molecule has 0 aliphatic rings. The van der Waals surface area contributed by atoms with Crippen molar-refractivity contribution in [2.24, 2.45) is 0 Å². The Morgan fingerprint density at radius 3 is 2.69 bits per heavy atom. The van der Waals surface area contributed by atoms with Gasteiger partial charge in [-0.25, -0.2) is 0 Å². The van der Waals surface area contributed by atoms with Crippen molar-refractivity contribution in [1.82, 2.24) is 10.2 Å². The third-order valence-corrected chi connectivity index (χ3v) is 4.38. The van der Waals surface area contributed by atoms with Crippen LogP contribution >= 0.6 is 23.4 Å². The Morgan fingerprint density at radius 2 is 2.04 bits per heavy atom. The van der Waals surface area contributed by atoms with E-state index < -0.39 is 4.92 Å². The van der Waals surface area contributed by atoms with E-state index in [2.05, 4.69) is 10.2 Å². The molecule has 0 aliphatic heterocycles. The maximum absolute atomic E-state index is 10.8. The molecule has 0 radical (unpaired) electrons. The number of rotatable bonds is 5. The van der Waals surface area contributed by atoms with Gasteiger partial charge in [-0.05, 0) is 47.7 Å². The zero-order valence-electron chi connectivity index (χ0n) is 13.0. The number of aromatic nitrogens is 2. The first-order valence-corrected chi connectivity index (χ1v) is 8.38. The molecular weight excluding hydrogens is 376 g/mol. The van der Waals surface area contributed by atoms with E-state index in [0.29, 0.717) is 26.9 Å². The fraction of sp³-hybridized carbons (Fsp3) is 0. The molecule has 0 saturated heterocycles. The van der Waals surface area contributed by atoms with Gasteiger partial charge in [0.1, 0.15) is 0 Å². The Labute approximate surface area is 157 Å². The molecule has 0 atom stereocenters. The Bertz CT molecular complexity index is 1020. The number of halogens is 1. The molecule has 0 fully saturated rings. The van der Waals surface area contributed by atoms with E-state index in [1.807, 2.05) is 6.07 Å². The van der Waals surface area contributed by atoms with Crippen LogP contribution in [0.15, 0.2) is 64.2 Å². The topological polar surface area (TPSA) is 106 Å². The van der Waals surface area contributed by atoms with E-state index in [0.717, 1.165) is 11.8 Å². The lowest BCUT2D eigenvalue weighted by Gasteiger charge is -2.02. The van der Waals surface area contributed by atoms with Crippen molar-refractivity contribution in [2.75, 3.05) is 0 Å². The van der Waals surface area contributed by atoms with Crippen molar-refractivity contribution in [3.05, 3.63) is 75.3 Å². The third kappa shape index (κ3) is 4.08. The highest BCUT2D eigenvalue weighted by Crippen LogP contribution is 2.35. The second-order valence-corrected chi connectivity index (χ2v) is 6.36. The molecule has 7 nitrogen and oxygen atoms in total. The molecule has 0 unspecified atom stereocenters. The minimum atomic E-state index is -0.486. The molecule has 3 rings (SSSR count). The number of nitriles is 1.